The van der Waals surface area contributed by atoms with Crippen LogP contribution < -0.4 is 4.74 Å². The van der Waals surface area contributed by atoms with Gasteiger partial charge in [-0.1, -0.05) is 12.1 Å². The van der Waals surface area contributed by atoms with Gasteiger partial charge in [0.1, 0.15) is 11.6 Å². The number of benzene rings is 1. The topological polar surface area (TPSA) is 68.2 Å². The summed E-state index contributed by atoms with van der Waals surface area (Å²) in [7, 11) is 1.66. The number of aryl methyl sites for hydroxylation is 1. The summed E-state index contributed by atoms with van der Waals surface area (Å²) in [6.07, 6.45) is 9.32. The SMILES string of the molecule is COc1ccc(C2(C(=O)N3CCC[C@@H](c4nc(C)ncc4-c4ccncc4)C3)CC2)cc1. The second kappa shape index (κ2) is 8.34. The molecule has 0 bridgehead atoms. The largest absolute Gasteiger partial charge is 0.497 e. The van der Waals surface area contributed by atoms with Crippen LogP contribution in [0.1, 0.15) is 48.7 Å². The summed E-state index contributed by atoms with van der Waals surface area (Å²) in [5.41, 5.74) is 3.86. The van der Waals surface area contributed by atoms with Crippen molar-refractivity contribution in [1.82, 2.24) is 19.9 Å². The van der Waals surface area contributed by atoms with Gasteiger partial charge < -0.3 is 9.64 Å². The molecule has 164 valence electrons. The monoisotopic (exact) mass is 428 g/mol. The van der Waals surface area contributed by atoms with Crippen molar-refractivity contribution in [3.8, 4) is 16.9 Å². The number of ether oxygens (including phenoxy) is 1. The van der Waals surface area contributed by atoms with Gasteiger partial charge in [0.15, 0.2) is 0 Å². The Morgan fingerprint density at radius 1 is 1.12 bits per heavy atom. The lowest BCUT2D eigenvalue weighted by molar-refractivity contribution is -0.135. The Morgan fingerprint density at radius 2 is 1.88 bits per heavy atom. The predicted octanol–water partition coefficient (Wildman–Crippen LogP) is 4.29. The highest BCUT2D eigenvalue weighted by Gasteiger charge is 2.53. The molecule has 0 spiro atoms. The Morgan fingerprint density at radius 3 is 2.56 bits per heavy atom. The minimum absolute atomic E-state index is 0.198. The third kappa shape index (κ3) is 3.74. The van der Waals surface area contributed by atoms with E-state index in [2.05, 4.69) is 14.9 Å². The smallest absolute Gasteiger partial charge is 0.233 e. The van der Waals surface area contributed by atoms with Crippen LogP contribution in [-0.2, 0) is 10.2 Å². The minimum Gasteiger partial charge on any atom is -0.497 e. The van der Waals surface area contributed by atoms with E-state index in [1.807, 2.05) is 49.5 Å². The van der Waals surface area contributed by atoms with Crippen molar-refractivity contribution in [2.45, 2.75) is 43.9 Å². The highest BCUT2D eigenvalue weighted by atomic mass is 16.5. The summed E-state index contributed by atoms with van der Waals surface area (Å²) in [5.74, 6) is 2.03. The molecule has 2 aromatic heterocycles. The molecule has 6 heteroatoms. The maximum absolute atomic E-state index is 13.7. The fraction of sp³-hybridized carbons (Fsp3) is 0.385. The van der Waals surface area contributed by atoms with Crippen molar-refractivity contribution in [2.24, 2.45) is 0 Å². The molecular formula is C26H28N4O2. The van der Waals surface area contributed by atoms with Crippen LogP contribution in [0.15, 0.2) is 55.0 Å². The van der Waals surface area contributed by atoms with Crippen LogP contribution in [0.2, 0.25) is 0 Å². The van der Waals surface area contributed by atoms with E-state index in [9.17, 15) is 4.79 Å². The molecule has 6 nitrogen and oxygen atoms in total. The molecule has 0 N–H and O–H groups in total. The highest BCUT2D eigenvalue weighted by Crippen LogP contribution is 2.50. The molecule has 0 radical (unpaired) electrons. The minimum atomic E-state index is -0.371. The van der Waals surface area contributed by atoms with Crippen molar-refractivity contribution in [3.63, 3.8) is 0 Å². The first kappa shape index (κ1) is 20.6. The molecule has 1 aliphatic carbocycles. The molecule has 3 heterocycles. The highest BCUT2D eigenvalue weighted by molar-refractivity contribution is 5.91. The molecular weight excluding hydrogens is 400 g/mol. The van der Waals surface area contributed by atoms with Gasteiger partial charge in [-0.3, -0.25) is 9.78 Å². The quantitative estimate of drug-likeness (QED) is 0.606. The maximum atomic E-state index is 13.7. The lowest BCUT2D eigenvalue weighted by Gasteiger charge is -2.35. The summed E-state index contributed by atoms with van der Waals surface area (Å²) in [4.78, 5) is 29.2. The molecule has 1 aromatic carbocycles. The zero-order valence-corrected chi connectivity index (χ0v) is 18.6. The van der Waals surface area contributed by atoms with Crippen molar-refractivity contribution in [3.05, 3.63) is 72.1 Å². The normalized spacial score (nSPS) is 19.4. The van der Waals surface area contributed by atoms with Crippen LogP contribution >= 0.6 is 0 Å². The second-order valence-corrected chi connectivity index (χ2v) is 8.85. The fourth-order valence-electron chi connectivity index (χ4n) is 4.90. The molecule has 1 atom stereocenters. The number of piperidine rings is 1. The van der Waals surface area contributed by atoms with E-state index in [1.54, 1.807) is 19.5 Å². The van der Waals surface area contributed by atoms with Gasteiger partial charge >= 0.3 is 0 Å². The zero-order valence-electron chi connectivity index (χ0n) is 18.6. The Labute approximate surface area is 188 Å². The third-order valence-electron chi connectivity index (χ3n) is 6.83. The summed E-state index contributed by atoms with van der Waals surface area (Å²) in [6.45, 7) is 3.43. The number of carbonyl (C=O) groups excluding carboxylic acids is 1. The van der Waals surface area contributed by atoms with Crippen LogP contribution in [0.25, 0.3) is 11.1 Å². The van der Waals surface area contributed by atoms with Crippen LogP contribution in [0.4, 0.5) is 0 Å². The molecule has 5 rings (SSSR count). The van der Waals surface area contributed by atoms with Crippen molar-refractivity contribution >= 4 is 5.91 Å². The molecule has 2 fully saturated rings. The van der Waals surface area contributed by atoms with E-state index in [0.29, 0.717) is 6.54 Å². The average Bonchev–Trinajstić information content (AvgIpc) is 3.66. The van der Waals surface area contributed by atoms with Gasteiger partial charge in [-0.05, 0) is 68.0 Å². The van der Waals surface area contributed by atoms with Crippen LogP contribution in [0.3, 0.4) is 0 Å². The average molecular weight is 429 g/mol. The number of rotatable bonds is 5. The van der Waals surface area contributed by atoms with E-state index in [1.165, 1.54) is 0 Å². The summed E-state index contributed by atoms with van der Waals surface area (Å²) in [5, 5.41) is 0. The molecule has 1 saturated carbocycles. The van der Waals surface area contributed by atoms with Gasteiger partial charge in [0.25, 0.3) is 0 Å². The fourth-order valence-corrected chi connectivity index (χ4v) is 4.90. The van der Waals surface area contributed by atoms with Gasteiger partial charge in [-0.25, -0.2) is 9.97 Å². The molecule has 0 unspecified atom stereocenters. The first-order valence-electron chi connectivity index (χ1n) is 11.3. The first-order valence-corrected chi connectivity index (χ1v) is 11.3. The van der Waals surface area contributed by atoms with Crippen LogP contribution in [-0.4, -0.2) is 46.0 Å². The Hall–Kier alpha value is -3.28. The summed E-state index contributed by atoms with van der Waals surface area (Å²) in [6, 6.07) is 12.0. The van der Waals surface area contributed by atoms with Crippen LogP contribution in [0.5, 0.6) is 5.75 Å². The first-order chi connectivity index (χ1) is 15.6. The number of carbonyl (C=O) groups is 1. The van der Waals surface area contributed by atoms with Crippen molar-refractivity contribution in [2.75, 3.05) is 20.2 Å². The maximum Gasteiger partial charge on any atom is 0.233 e. The van der Waals surface area contributed by atoms with Crippen LogP contribution in [0, 0.1) is 6.92 Å². The Kier molecular flexibility index (Phi) is 5.37. The summed E-state index contributed by atoms with van der Waals surface area (Å²) < 4.78 is 5.29. The standard InChI is InChI=1S/C26H28N4O2/c1-18-28-16-23(19-9-13-27-14-10-19)24(29-18)20-4-3-15-30(17-20)25(31)26(11-12-26)21-5-7-22(32-2)8-6-21/h5-10,13-14,16,20H,3-4,11-12,15,17H2,1-2H3/t20-/m1/s1. The van der Waals surface area contributed by atoms with E-state index in [4.69, 9.17) is 9.72 Å². The van der Waals surface area contributed by atoms with Gasteiger partial charge in [-0.2, -0.15) is 0 Å². The lowest BCUT2D eigenvalue weighted by Crippen LogP contribution is -2.44. The number of nitrogens with zero attached hydrogens (tertiary/aromatic N) is 4. The van der Waals surface area contributed by atoms with E-state index >= 15 is 0 Å². The molecule has 3 aromatic rings. The zero-order chi connectivity index (χ0) is 22.1. The van der Waals surface area contributed by atoms with Gasteiger partial charge in [0.2, 0.25) is 5.91 Å². The predicted molar refractivity (Wildman–Crippen MR) is 122 cm³/mol. The number of likely N-dealkylation sites (tertiary alicyclic amines) is 1. The number of aromatic nitrogens is 3. The third-order valence-corrected chi connectivity index (χ3v) is 6.83. The molecule has 1 saturated heterocycles. The van der Waals surface area contributed by atoms with E-state index < -0.39 is 0 Å². The molecule has 1 amide bonds. The number of pyridine rings is 1. The molecule has 1 aliphatic heterocycles. The molecule has 2 aliphatic rings. The van der Waals surface area contributed by atoms with Crippen molar-refractivity contribution < 1.29 is 9.53 Å². The van der Waals surface area contributed by atoms with E-state index in [0.717, 1.165) is 66.2 Å². The Balaban J connectivity index is 1.41. The van der Waals surface area contributed by atoms with Gasteiger partial charge in [0, 0.05) is 43.2 Å². The van der Waals surface area contributed by atoms with Gasteiger partial charge in [0.05, 0.1) is 18.2 Å². The molecule has 32 heavy (non-hydrogen) atoms. The number of hydrogen-bond donors (Lipinski definition) is 0. The lowest BCUT2D eigenvalue weighted by atomic mass is 9.88. The Bertz CT molecular complexity index is 1110. The van der Waals surface area contributed by atoms with E-state index in [-0.39, 0.29) is 17.2 Å². The number of hydrogen-bond acceptors (Lipinski definition) is 5. The number of methoxy groups -OCH3 is 1. The summed E-state index contributed by atoms with van der Waals surface area (Å²) >= 11 is 0. The van der Waals surface area contributed by atoms with Crippen molar-refractivity contribution in [1.29, 1.82) is 0 Å². The second-order valence-electron chi connectivity index (χ2n) is 8.85. The van der Waals surface area contributed by atoms with Gasteiger partial charge in [-0.15, -0.1) is 0 Å². The number of amides is 1.